The summed E-state index contributed by atoms with van der Waals surface area (Å²) in [6, 6.07) is 2.49. The van der Waals surface area contributed by atoms with E-state index in [-0.39, 0.29) is 0 Å². The van der Waals surface area contributed by atoms with E-state index in [0.29, 0.717) is 17.1 Å². The van der Waals surface area contributed by atoms with Crippen LogP contribution in [0.5, 0.6) is 0 Å². The Kier molecular flexibility index (Phi) is 4.63. The van der Waals surface area contributed by atoms with Crippen molar-refractivity contribution < 1.29 is 0 Å². The van der Waals surface area contributed by atoms with Gasteiger partial charge in [0.2, 0.25) is 0 Å². The van der Waals surface area contributed by atoms with Crippen LogP contribution in [0.2, 0.25) is 5.15 Å². The Morgan fingerprint density at radius 1 is 1.05 bits per heavy atom. The molecule has 1 aliphatic heterocycles. The topological polar surface area (TPSA) is 32.3 Å². The third kappa shape index (κ3) is 3.57. The first kappa shape index (κ1) is 14.5. The van der Waals surface area contributed by atoms with Gasteiger partial charge in [-0.2, -0.15) is 0 Å². The average Bonchev–Trinajstić information content (AvgIpc) is 2.38. The second-order valence-corrected chi connectivity index (χ2v) is 6.07. The van der Waals surface area contributed by atoms with Crippen LogP contribution in [-0.2, 0) is 0 Å². The number of hydrogen-bond acceptors (Lipinski definition) is 4. The highest BCUT2D eigenvalue weighted by Gasteiger charge is 2.20. The van der Waals surface area contributed by atoms with Crippen LogP contribution in [0.25, 0.3) is 0 Å². The number of aromatic nitrogens is 2. The number of nitrogens with zero attached hydrogens (tertiary/aromatic N) is 4. The van der Waals surface area contributed by atoms with Crippen LogP contribution in [0, 0.1) is 0 Å². The summed E-state index contributed by atoms with van der Waals surface area (Å²) in [4.78, 5) is 13.7. The van der Waals surface area contributed by atoms with Crippen LogP contribution >= 0.6 is 11.6 Å². The highest BCUT2D eigenvalue weighted by Crippen LogP contribution is 2.21. The predicted octanol–water partition coefficient (Wildman–Crippen LogP) is 2.78. The Morgan fingerprint density at radius 3 is 2.21 bits per heavy atom. The van der Waals surface area contributed by atoms with Crippen LogP contribution in [0.15, 0.2) is 6.07 Å². The van der Waals surface area contributed by atoms with E-state index < -0.39 is 0 Å². The lowest BCUT2D eigenvalue weighted by Crippen LogP contribution is -2.49. The number of hydrogen-bond donors (Lipinski definition) is 0. The Hall–Kier alpha value is -0.870. The van der Waals surface area contributed by atoms with Gasteiger partial charge in [0, 0.05) is 44.2 Å². The lowest BCUT2D eigenvalue weighted by Gasteiger charge is -2.37. The monoisotopic (exact) mass is 282 g/mol. The number of rotatable bonds is 3. The van der Waals surface area contributed by atoms with Gasteiger partial charge in [-0.3, -0.25) is 4.90 Å². The SMILES string of the molecule is CC(C)c1nc(Cl)cc(N2CCN(C(C)C)CC2)n1. The zero-order valence-corrected chi connectivity index (χ0v) is 13.0. The molecule has 19 heavy (non-hydrogen) atoms. The zero-order valence-electron chi connectivity index (χ0n) is 12.2. The molecule has 0 spiro atoms. The molecule has 106 valence electrons. The molecule has 1 fully saturated rings. The standard InChI is InChI=1S/C14H23ClN4/c1-10(2)14-16-12(15)9-13(17-14)19-7-5-18(6-8-19)11(3)4/h9-11H,5-8H2,1-4H3. The predicted molar refractivity (Wildman–Crippen MR) is 80.1 cm³/mol. The molecule has 0 saturated carbocycles. The van der Waals surface area contributed by atoms with Crippen molar-refractivity contribution in [2.24, 2.45) is 0 Å². The average molecular weight is 283 g/mol. The minimum atomic E-state index is 0.300. The third-order valence-electron chi connectivity index (χ3n) is 3.58. The fourth-order valence-electron chi connectivity index (χ4n) is 2.31. The van der Waals surface area contributed by atoms with Crippen molar-refractivity contribution in [1.82, 2.24) is 14.9 Å². The summed E-state index contributed by atoms with van der Waals surface area (Å²) in [5.41, 5.74) is 0. The van der Waals surface area contributed by atoms with Crippen molar-refractivity contribution in [2.75, 3.05) is 31.1 Å². The van der Waals surface area contributed by atoms with Gasteiger partial charge in [0.05, 0.1) is 0 Å². The van der Waals surface area contributed by atoms with Crippen LogP contribution in [0.3, 0.4) is 0 Å². The molecule has 0 bridgehead atoms. The minimum absolute atomic E-state index is 0.300. The quantitative estimate of drug-likeness (QED) is 0.798. The summed E-state index contributed by atoms with van der Waals surface area (Å²) in [5.74, 6) is 2.09. The largest absolute Gasteiger partial charge is 0.354 e. The van der Waals surface area contributed by atoms with Crippen LogP contribution in [-0.4, -0.2) is 47.1 Å². The highest BCUT2D eigenvalue weighted by atomic mass is 35.5. The number of piperazine rings is 1. The normalized spacial score (nSPS) is 17.5. The molecule has 1 aromatic heterocycles. The molecule has 0 unspecified atom stereocenters. The van der Waals surface area contributed by atoms with Crippen molar-refractivity contribution in [2.45, 2.75) is 39.7 Å². The summed E-state index contributed by atoms with van der Waals surface area (Å²) in [6.07, 6.45) is 0. The van der Waals surface area contributed by atoms with Gasteiger partial charge in [-0.25, -0.2) is 9.97 Å². The number of anilines is 1. The molecule has 2 heterocycles. The van der Waals surface area contributed by atoms with Gasteiger partial charge in [-0.05, 0) is 13.8 Å². The molecule has 2 rings (SSSR count). The second-order valence-electron chi connectivity index (χ2n) is 5.68. The Bertz CT molecular complexity index is 425. The lowest BCUT2D eigenvalue weighted by molar-refractivity contribution is 0.209. The van der Waals surface area contributed by atoms with E-state index in [9.17, 15) is 0 Å². The van der Waals surface area contributed by atoms with Gasteiger partial charge in [0.1, 0.15) is 16.8 Å². The van der Waals surface area contributed by atoms with E-state index in [1.54, 1.807) is 0 Å². The number of halogens is 1. The summed E-state index contributed by atoms with van der Waals surface area (Å²) in [6.45, 7) is 12.8. The molecular formula is C14H23ClN4. The molecule has 1 saturated heterocycles. The summed E-state index contributed by atoms with van der Waals surface area (Å²) < 4.78 is 0. The van der Waals surface area contributed by atoms with E-state index in [1.807, 2.05) is 6.07 Å². The first-order valence-electron chi connectivity index (χ1n) is 7.01. The molecule has 5 heteroatoms. The van der Waals surface area contributed by atoms with Crippen molar-refractivity contribution in [1.29, 1.82) is 0 Å². The van der Waals surface area contributed by atoms with Gasteiger partial charge in [-0.15, -0.1) is 0 Å². The van der Waals surface area contributed by atoms with Crippen molar-refractivity contribution in [3.63, 3.8) is 0 Å². The third-order valence-corrected chi connectivity index (χ3v) is 3.78. The van der Waals surface area contributed by atoms with E-state index in [4.69, 9.17) is 11.6 Å². The maximum atomic E-state index is 6.10. The van der Waals surface area contributed by atoms with E-state index in [0.717, 1.165) is 37.8 Å². The zero-order chi connectivity index (χ0) is 14.0. The summed E-state index contributed by atoms with van der Waals surface area (Å²) in [5, 5.41) is 0.542. The molecular weight excluding hydrogens is 260 g/mol. The van der Waals surface area contributed by atoms with E-state index in [2.05, 4.69) is 47.5 Å². The maximum absolute atomic E-state index is 6.10. The van der Waals surface area contributed by atoms with Gasteiger partial charge in [-0.1, -0.05) is 25.4 Å². The first-order chi connectivity index (χ1) is 8.97. The van der Waals surface area contributed by atoms with Gasteiger partial charge < -0.3 is 4.90 Å². The van der Waals surface area contributed by atoms with E-state index in [1.165, 1.54) is 0 Å². The van der Waals surface area contributed by atoms with Gasteiger partial charge in [0.15, 0.2) is 0 Å². The maximum Gasteiger partial charge on any atom is 0.135 e. The highest BCUT2D eigenvalue weighted by molar-refractivity contribution is 6.29. The molecule has 0 atom stereocenters. The first-order valence-corrected chi connectivity index (χ1v) is 7.38. The summed E-state index contributed by atoms with van der Waals surface area (Å²) in [7, 11) is 0. The van der Waals surface area contributed by atoms with E-state index >= 15 is 0 Å². The minimum Gasteiger partial charge on any atom is -0.354 e. The van der Waals surface area contributed by atoms with Crippen molar-refractivity contribution in [3.05, 3.63) is 17.0 Å². The second kappa shape index (κ2) is 6.06. The molecule has 0 radical (unpaired) electrons. The van der Waals surface area contributed by atoms with Crippen LogP contribution in [0.1, 0.15) is 39.4 Å². The molecule has 4 nitrogen and oxygen atoms in total. The Balaban J connectivity index is 2.11. The fraction of sp³-hybridized carbons (Fsp3) is 0.714. The molecule has 1 aromatic rings. The molecule has 0 N–H and O–H groups in total. The smallest absolute Gasteiger partial charge is 0.135 e. The Morgan fingerprint density at radius 2 is 1.68 bits per heavy atom. The lowest BCUT2D eigenvalue weighted by atomic mass is 10.2. The fourth-order valence-corrected chi connectivity index (χ4v) is 2.49. The Labute approximate surface area is 120 Å². The van der Waals surface area contributed by atoms with Crippen molar-refractivity contribution >= 4 is 17.4 Å². The molecule has 0 amide bonds. The molecule has 0 aromatic carbocycles. The van der Waals surface area contributed by atoms with Crippen LogP contribution in [0.4, 0.5) is 5.82 Å². The summed E-state index contributed by atoms with van der Waals surface area (Å²) >= 11 is 6.10. The molecule has 1 aliphatic rings. The van der Waals surface area contributed by atoms with Gasteiger partial charge >= 0.3 is 0 Å². The van der Waals surface area contributed by atoms with Crippen molar-refractivity contribution in [3.8, 4) is 0 Å². The molecule has 0 aliphatic carbocycles. The van der Waals surface area contributed by atoms with Gasteiger partial charge in [0.25, 0.3) is 0 Å². The van der Waals surface area contributed by atoms with Crippen LogP contribution < -0.4 is 4.90 Å².